The van der Waals surface area contributed by atoms with Gasteiger partial charge in [0.2, 0.25) is 22.2 Å². The molecule has 1 aromatic carbocycles. The quantitative estimate of drug-likeness (QED) is 0.894. The molecule has 108 valence electrons. The Morgan fingerprint density at radius 1 is 1.40 bits per heavy atom. The van der Waals surface area contributed by atoms with Gasteiger partial charge in [0, 0.05) is 0 Å². The van der Waals surface area contributed by atoms with Crippen molar-refractivity contribution in [3.8, 4) is 5.75 Å². The van der Waals surface area contributed by atoms with Crippen molar-refractivity contribution in [3.63, 3.8) is 0 Å². The van der Waals surface area contributed by atoms with Gasteiger partial charge in [0.1, 0.15) is 5.75 Å². The van der Waals surface area contributed by atoms with Crippen molar-refractivity contribution in [3.05, 3.63) is 36.0 Å². The third kappa shape index (κ3) is 3.34. The Morgan fingerprint density at radius 3 is 2.70 bits per heavy atom. The monoisotopic (exact) mass is 297 g/mol. The molecule has 0 saturated heterocycles. The van der Waals surface area contributed by atoms with Crippen LogP contribution in [0.3, 0.4) is 0 Å². The fourth-order valence-electron chi connectivity index (χ4n) is 1.68. The number of rotatable bonds is 5. The van der Waals surface area contributed by atoms with E-state index in [4.69, 9.17) is 9.88 Å². The normalized spacial score (nSPS) is 11.8. The summed E-state index contributed by atoms with van der Waals surface area (Å²) < 4.78 is 32.9. The molecule has 0 aliphatic heterocycles. The molecule has 0 radical (unpaired) electrons. The molecule has 0 atom stereocenters. The predicted molar refractivity (Wildman–Crippen MR) is 70.5 cm³/mol. The molecule has 0 fully saturated rings. The van der Waals surface area contributed by atoms with Gasteiger partial charge in [0.25, 0.3) is 0 Å². The first-order valence-electron chi connectivity index (χ1n) is 5.92. The van der Waals surface area contributed by atoms with E-state index in [9.17, 15) is 8.42 Å². The summed E-state index contributed by atoms with van der Waals surface area (Å²) in [5, 5.41) is 8.76. The number of hydrogen-bond acceptors (Lipinski definition) is 6. The third-order valence-corrected chi connectivity index (χ3v) is 3.61. The first kappa shape index (κ1) is 14.5. The number of benzene rings is 1. The fourth-order valence-corrected chi connectivity index (χ4v) is 2.23. The smallest absolute Gasteiger partial charge is 0.238 e. The van der Waals surface area contributed by atoms with Crippen LogP contribution in [0.25, 0.3) is 0 Å². The Morgan fingerprint density at radius 2 is 2.15 bits per heavy atom. The van der Waals surface area contributed by atoms with E-state index >= 15 is 0 Å². The number of nitrogens with zero attached hydrogens (tertiary/aromatic N) is 2. The van der Waals surface area contributed by atoms with Crippen LogP contribution >= 0.6 is 0 Å². The number of nitrogens with two attached hydrogens (primary N) is 1. The number of ether oxygens (including phenoxy) is 1. The van der Waals surface area contributed by atoms with Gasteiger partial charge in [0.05, 0.1) is 4.90 Å². The molecular weight excluding hydrogens is 282 g/mol. The second-order valence-corrected chi connectivity index (χ2v) is 6.10. The zero-order valence-electron chi connectivity index (χ0n) is 11.1. The Hall–Kier alpha value is -1.93. The van der Waals surface area contributed by atoms with E-state index in [0.717, 1.165) is 5.56 Å². The Bertz CT molecular complexity index is 681. The maximum absolute atomic E-state index is 11.4. The first-order valence-corrected chi connectivity index (χ1v) is 7.47. The van der Waals surface area contributed by atoms with Crippen LogP contribution < -0.4 is 9.88 Å². The average Bonchev–Trinajstić information content (AvgIpc) is 2.88. The molecule has 2 N–H and O–H groups in total. The van der Waals surface area contributed by atoms with Crippen LogP contribution in [0.2, 0.25) is 0 Å². The van der Waals surface area contributed by atoms with Crippen LogP contribution in [0.15, 0.2) is 34.0 Å². The Balaban J connectivity index is 2.28. The summed E-state index contributed by atoms with van der Waals surface area (Å²) in [7, 11) is -3.73. The zero-order chi connectivity index (χ0) is 14.8. The van der Waals surface area contributed by atoms with Crippen molar-refractivity contribution >= 4 is 10.0 Å². The first-order chi connectivity index (χ1) is 9.38. The summed E-state index contributed by atoms with van der Waals surface area (Å²) in [6.07, 6.45) is 1.21. The van der Waals surface area contributed by atoms with Crippen LogP contribution in [-0.2, 0) is 16.6 Å². The molecule has 0 saturated carbocycles. The minimum Gasteiger partial charge on any atom is -0.485 e. The molecule has 0 aliphatic rings. The molecule has 20 heavy (non-hydrogen) atoms. The van der Waals surface area contributed by atoms with E-state index in [2.05, 4.69) is 14.7 Å². The molecule has 7 nitrogen and oxygen atoms in total. The highest BCUT2D eigenvalue weighted by molar-refractivity contribution is 7.89. The van der Waals surface area contributed by atoms with Crippen molar-refractivity contribution in [2.45, 2.75) is 31.3 Å². The molecule has 0 bridgehead atoms. The van der Waals surface area contributed by atoms with Crippen LogP contribution in [0, 0.1) is 0 Å². The molecule has 0 spiro atoms. The van der Waals surface area contributed by atoms with Crippen LogP contribution in [0.4, 0.5) is 0 Å². The van der Waals surface area contributed by atoms with Gasteiger partial charge in [-0.15, -0.1) is 0 Å². The van der Waals surface area contributed by atoms with E-state index < -0.39 is 10.0 Å². The Labute approximate surface area is 116 Å². The maximum Gasteiger partial charge on any atom is 0.238 e. The van der Waals surface area contributed by atoms with Crippen molar-refractivity contribution < 1.29 is 17.7 Å². The standard InChI is InChI=1S/C12H15N3O4S/c1-8(2)10-5-9(20(13,16)17)3-4-11(10)18-6-12-14-7-19-15-12/h3-5,7-8H,6H2,1-2H3,(H2,13,16,17). The Kier molecular flexibility index (Phi) is 4.05. The average molecular weight is 297 g/mol. The van der Waals surface area contributed by atoms with Gasteiger partial charge in [-0.1, -0.05) is 19.0 Å². The summed E-state index contributed by atoms with van der Waals surface area (Å²) >= 11 is 0. The van der Waals surface area contributed by atoms with Crippen molar-refractivity contribution in [2.75, 3.05) is 0 Å². The van der Waals surface area contributed by atoms with Crippen molar-refractivity contribution in [1.82, 2.24) is 10.1 Å². The maximum atomic E-state index is 11.4. The van der Waals surface area contributed by atoms with Gasteiger partial charge in [0.15, 0.2) is 6.61 Å². The topological polar surface area (TPSA) is 108 Å². The summed E-state index contributed by atoms with van der Waals surface area (Å²) in [5.41, 5.74) is 0.750. The van der Waals surface area contributed by atoms with Gasteiger partial charge in [-0.05, 0) is 29.7 Å². The van der Waals surface area contributed by atoms with E-state index in [1.54, 1.807) is 6.07 Å². The molecule has 1 heterocycles. The number of sulfonamides is 1. The van der Waals surface area contributed by atoms with Crippen LogP contribution in [-0.4, -0.2) is 18.6 Å². The summed E-state index contributed by atoms with van der Waals surface area (Å²) in [6.45, 7) is 4.01. The van der Waals surface area contributed by atoms with E-state index in [1.807, 2.05) is 13.8 Å². The molecule has 1 aromatic heterocycles. The largest absolute Gasteiger partial charge is 0.485 e. The van der Waals surface area contributed by atoms with Gasteiger partial charge in [-0.3, -0.25) is 0 Å². The number of primary sulfonamides is 1. The SMILES string of the molecule is CC(C)c1cc(S(N)(=O)=O)ccc1OCc1ncon1. The minimum atomic E-state index is -3.73. The second-order valence-electron chi connectivity index (χ2n) is 4.54. The molecular formula is C12H15N3O4S. The lowest BCUT2D eigenvalue weighted by Crippen LogP contribution is -2.13. The van der Waals surface area contributed by atoms with Gasteiger partial charge in [-0.25, -0.2) is 13.6 Å². The van der Waals surface area contributed by atoms with E-state index in [0.29, 0.717) is 11.6 Å². The summed E-state index contributed by atoms with van der Waals surface area (Å²) in [6, 6.07) is 4.51. The van der Waals surface area contributed by atoms with Crippen LogP contribution in [0.5, 0.6) is 5.75 Å². The number of hydrogen-bond donors (Lipinski definition) is 1. The van der Waals surface area contributed by atoms with Crippen LogP contribution in [0.1, 0.15) is 31.2 Å². The predicted octanol–water partition coefficient (Wildman–Crippen LogP) is 1.42. The lowest BCUT2D eigenvalue weighted by atomic mass is 10.0. The minimum absolute atomic E-state index is 0.0631. The van der Waals surface area contributed by atoms with Crippen molar-refractivity contribution in [2.24, 2.45) is 5.14 Å². The van der Waals surface area contributed by atoms with E-state index in [-0.39, 0.29) is 17.4 Å². The second kappa shape index (κ2) is 5.59. The van der Waals surface area contributed by atoms with Gasteiger partial charge < -0.3 is 9.26 Å². The molecule has 0 aliphatic carbocycles. The summed E-state index contributed by atoms with van der Waals surface area (Å²) in [5.74, 6) is 1.06. The summed E-state index contributed by atoms with van der Waals surface area (Å²) in [4.78, 5) is 3.91. The van der Waals surface area contributed by atoms with Crippen molar-refractivity contribution in [1.29, 1.82) is 0 Å². The molecule has 8 heteroatoms. The highest BCUT2D eigenvalue weighted by Crippen LogP contribution is 2.29. The molecule has 2 rings (SSSR count). The number of aromatic nitrogens is 2. The van der Waals surface area contributed by atoms with E-state index in [1.165, 1.54) is 18.5 Å². The fraction of sp³-hybridized carbons (Fsp3) is 0.333. The lowest BCUT2D eigenvalue weighted by Gasteiger charge is -2.14. The molecule has 2 aromatic rings. The highest BCUT2D eigenvalue weighted by Gasteiger charge is 2.15. The van der Waals surface area contributed by atoms with Gasteiger partial charge in [-0.2, -0.15) is 4.98 Å². The highest BCUT2D eigenvalue weighted by atomic mass is 32.2. The zero-order valence-corrected chi connectivity index (χ0v) is 11.9. The molecule has 0 unspecified atom stereocenters. The van der Waals surface area contributed by atoms with Gasteiger partial charge >= 0.3 is 0 Å². The molecule has 0 amide bonds. The third-order valence-electron chi connectivity index (χ3n) is 2.70. The lowest BCUT2D eigenvalue weighted by molar-refractivity contribution is 0.282.